The average molecular weight is 509 g/mol. The molecule has 0 aliphatic heterocycles. The Kier molecular flexibility index (Phi) is 4.85. The van der Waals surface area contributed by atoms with Crippen molar-refractivity contribution in [3.05, 3.63) is 127 Å². The van der Waals surface area contributed by atoms with Gasteiger partial charge in [0.15, 0.2) is 0 Å². The minimum Gasteiger partial charge on any atom is -0.254 e. The molecule has 0 atom stereocenters. The summed E-state index contributed by atoms with van der Waals surface area (Å²) in [4.78, 5) is 14.9. The van der Waals surface area contributed by atoms with Crippen molar-refractivity contribution in [3.8, 4) is 28.5 Å². The van der Waals surface area contributed by atoms with Gasteiger partial charge in [0.2, 0.25) is 0 Å². The van der Waals surface area contributed by atoms with Crippen molar-refractivity contribution in [2.24, 2.45) is 0 Å². The van der Waals surface area contributed by atoms with Gasteiger partial charge in [-0.05, 0) is 40.8 Å². The minimum atomic E-state index is 0.676. The maximum Gasteiger partial charge on any atom is 0.0998 e. The van der Waals surface area contributed by atoms with Gasteiger partial charge in [0, 0.05) is 50.3 Å². The highest BCUT2D eigenvalue weighted by Crippen LogP contribution is 2.42. The van der Waals surface area contributed by atoms with Crippen LogP contribution in [0.25, 0.3) is 76.6 Å². The van der Waals surface area contributed by atoms with E-state index in [2.05, 4.69) is 66.7 Å². The van der Waals surface area contributed by atoms with Gasteiger partial charge < -0.3 is 0 Å². The van der Waals surface area contributed by atoms with Crippen molar-refractivity contribution in [1.29, 1.82) is 5.26 Å². The van der Waals surface area contributed by atoms with Gasteiger partial charge in [0.05, 0.1) is 33.9 Å². The fraction of sp³-hybridized carbons (Fsp3) is 0. The summed E-state index contributed by atoms with van der Waals surface area (Å²) in [6, 6.07) is 39.5. The van der Waals surface area contributed by atoms with Crippen LogP contribution in [-0.2, 0) is 0 Å². The average Bonchev–Trinajstić information content (AvgIpc) is 3.03. The molecular weight excluding hydrogens is 488 g/mol. The Labute approximate surface area is 229 Å². The third-order valence-corrected chi connectivity index (χ3v) is 7.77. The summed E-state index contributed by atoms with van der Waals surface area (Å²) >= 11 is 0. The Bertz CT molecular complexity index is 2330. The third kappa shape index (κ3) is 3.22. The molecule has 0 aliphatic rings. The van der Waals surface area contributed by atoms with Crippen LogP contribution in [0.2, 0.25) is 0 Å². The summed E-state index contributed by atoms with van der Waals surface area (Å²) in [6.07, 6.45) is 3.66. The molecule has 0 saturated heterocycles. The Morgan fingerprint density at radius 2 is 1.20 bits per heavy atom. The van der Waals surface area contributed by atoms with Crippen LogP contribution in [0.4, 0.5) is 0 Å². The van der Waals surface area contributed by atoms with Gasteiger partial charge in [-0.1, -0.05) is 84.9 Å². The van der Waals surface area contributed by atoms with Crippen molar-refractivity contribution in [2.75, 3.05) is 0 Å². The van der Waals surface area contributed by atoms with Crippen LogP contribution >= 0.6 is 0 Å². The van der Waals surface area contributed by atoms with Crippen LogP contribution in [0.3, 0.4) is 0 Å². The van der Waals surface area contributed by atoms with E-state index in [4.69, 9.17) is 15.0 Å². The van der Waals surface area contributed by atoms with Gasteiger partial charge in [-0.2, -0.15) is 5.26 Å². The van der Waals surface area contributed by atoms with E-state index in [1.165, 1.54) is 0 Å². The molecule has 4 nitrogen and oxygen atoms in total. The monoisotopic (exact) mass is 508 g/mol. The van der Waals surface area contributed by atoms with E-state index >= 15 is 0 Å². The minimum absolute atomic E-state index is 0.676. The van der Waals surface area contributed by atoms with Gasteiger partial charge in [0.1, 0.15) is 0 Å². The first-order chi connectivity index (χ1) is 19.8. The van der Waals surface area contributed by atoms with Gasteiger partial charge in [0.25, 0.3) is 0 Å². The first-order valence-corrected chi connectivity index (χ1v) is 13.2. The number of hydrogen-bond acceptors (Lipinski definition) is 4. The van der Waals surface area contributed by atoms with Crippen LogP contribution in [-0.4, -0.2) is 15.0 Å². The smallest absolute Gasteiger partial charge is 0.0998 e. The molecule has 0 amide bonds. The molecule has 3 aromatic heterocycles. The van der Waals surface area contributed by atoms with Gasteiger partial charge in [-0.3, -0.25) is 9.97 Å². The lowest BCUT2D eigenvalue weighted by atomic mass is 9.91. The molecule has 3 heterocycles. The quantitative estimate of drug-likeness (QED) is 0.219. The number of benzene rings is 5. The molecule has 40 heavy (non-hydrogen) atoms. The lowest BCUT2D eigenvalue weighted by Gasteiger charge is -2.16. The molecule has 4 heteroatoms. The first kappa shape index (κ1) is 22.3. The maximum absolute atomic E-state index is 9.67. The van der Waals surface area contributed by atoms with Crippen molar-refractivity contribution in [1.82, 2.24) is 15.0 Å². The standard InChI is InChI=1S/C36H20N4/c37-21-24-15-16-26(27-11-5-4-10-25(24)27)23-14-17-28-31(20-23)40-34(22-8-2-1-3-9-22)33-30-13-7-19-39-36(30)35-29(32(28)33)12-6-18-38-35/h1-20H. The van der Waals surface area contributed by atoms with Crippen molar-refractivity contribution < 1.29 is 0 Å². The largest absolute Gasteiger partial charge is 0.254 e. The molecule has 0 N–H and O–H groups in total. The lowest BCUT2D eigenvalue weighted by molar-refractivity contribution is 1.38. The lowest BCUT2D eigenvalue weighted by Crippen LogP contribution is -1.95. The Hall–Kier alpha value is -5.66. The Morgan fingerprint density at radius 3 is 1.95 bits per heavy atom. The van der Waals surface area contributed by atoms with Gasteiger partial charge >= 0.3 is 0 Å². The van der Waals surface area contributed by atoms with Crippen LogP contribution in [0.15, 0.2) is 122 Å². The molecule has 5 aromatic carbocycles. The van der Waals surface area contributed by atoms with Crippen molar-refractivity contribution in [2.45, 2.75) is 0 Å². The molecular formula is C36H20N4. The van der Waals surface area contributed by atoms with Crippen LogP contribution in [0, 0.1) is 11.3 Å². The van der Waals surface area contributed by atoms with Gasteiger partial charge in [-0.25, -0.2) is 4.98 Å². The van der Waals surface area contributed by atoms with Crippen molar-refractivity contribution in [3.63, 3.8) is 0 Å². The first-order valence-electron chi connectivity index (χ1n) is 13.2. The molecule has 0 aliphatic carbocycles. The molecule has 0 radical (unpaired) electrons. The molecule has 0 spiro atoms. The molecule has 0 saturated carbocycles. The summed E-state index contributed by atoms with van der Waals surface area (Å²) in [6.45, 7) is 0. The molecule has 8 aromatic rings. The Balaban J connectivity index is 1.54. The van der Waals surface area contributed by atoms with Gasteiger partial charge in [-0.15, -0.1) is 0 Å². The number of pyridine rings is 3. The van der Waals surface area contributed by atoms with E-state index in [-0.39, 0.29) is 0 Å². The molecule has 184 valence electrons. The van der Waals surface area contributed by atoms with E-state index in [1.54, 1.807) is 0 Å². The molecule has 0 unspecified atom stereocenters. The van der Waals surface area contributed by atoms with Crippen LogP contribution in [0.1, 0.15) is 5.56 Å². The molecule has 0 bridgehead atoms. The van der Waals surface area contributed by atoms with E-state index in [0.717, 1.165) is 76.6 Å². The van der Waals surface area contributed by atoms with E-state index in [0.29, 0.717) is 5.56 Å². The number of hydrogen-bond donors (Lipinski definition) is 0. The third-order valence-electron chi connectivity index (χ3n) is 7.77. The predicted molar refractivity (Wildman–Crippen MR) is 163 cm³/mol. The summed E-state index contributed by atoms with van der Waals surface area (Å²) in [5.74, 6) is 0. The summed E-state index contributed by atoms with van der Waals surface area (Å²) in [5, 5.41) is 17.1. The Morgan fingerprint density at radius 1 is 0.525 bits per heavy atom. The zero-order chi connectivity index (χ0) is 26.6. The maximum atomic E-state index is 9.67. The van der Waals surface area contributed by atoms with Crippen molar-refractivity contribution >= 4 is 54.3 Å². The normalized spacial score (nSPS) is 11.5. The number of aromatic nitrogens is 3. The highest BCUT2D eigenvalue weighted by Gasteiger charge is 2.19. The number of rotatable bonds is 2. The molecule has 0 fully saturated rings. The zero-order valence-corrected chi connectivity index (χ0v) is 21.3. The number of nitrogens with zero attached hydrogens (tertiary/aromatic N) is 4. The predicted octanol–water partition coefficient (Wildman–Crippen LogP) is 8.84. The number of fused-ring (bicyclic) bond motifs is 9. The topological polar surface area (TPSA) is 62.5 Å². The highest BCUT2D eigenvalue weighted by molar-refractivity contribution is 6.32. The second-order valence-electron chi connectivity index (χ2n) is 9.93. The van der Waals surface area contributed by atoms with Crippen LogP contribution < -0.4 is 0 Å². The second kappa shape index (κ2) is 8.69. The summed E-state index contributed by atoms with van der Waals surface area (Å²) in [5.41, 5.74) is 7.47. The van der Waals surface area contributed by atoms with E-state index in [1.807, 2.05) is 60.9 Å². The number of nitriles is 1. The summed E-state index contributed by atoms with van der Waals surface area (Å²) in [7, 11) is 0. The zero-order valence-electron chi connectivity index (χ0n) is 21.3. The van der Waals surface area contributed by atoms with E-state index in [9.17, 15) is 5.26 Å². The highest BCUT2D eigenvalue weighted by atomic mass is 14.7. The second-order valence-corrected chi connectivity index (χ2v) is 9.93. The molecule has 8 rings (SSSR count). The fourth-order valence-corrected chi connectivity index (χ4v) is 6.02. The van der Waals surface area contributed by atoms with Crippen LogP contribution in [0.5, 0.6) is 0 Å². The SMILES string of the molecule is N#Cc1ccc(-c2ccc3c(c2)nc(-c2ccccc2)c2c4cccnc4c4ncccc4c32)c2ccccc12. The fourth-order valence-electron chi connectivity index (χ4n) is 6.02. The van der Waals surface area contributed by atoms with E-state index < -0.39 is 0 Å². The summed E-state index contributed by atoms with van der Waals surface area (Å²) < 4.78 is 0.